The van der Waals surface area contributed by atoms with Crippen LogP contribution in [0.4, 0.5) is 31.9 Å². The fraction of sp³-hybridized carbons (Fsp3) is 0.464. The lowest BCUT2D eigenvalue weighted by atomic mass is 10.00. The van der Waals surface area contributed by atoms with Gasteiger partial charge in [0.1, 0.15) is 17.1 Å². The number of nitrogens with one attached hydrogen (secondary N) is 1. The first-order chi connectivity index (χ1) is 18.1. The molecule has 1 aromatic carbocycles. The van der Waals surface area contributed by atoms with Gasteiger partial charge in [0, 0.05) is 25.3 Å². The van der Waals surface area contributed by atoms with Gasteiger partial charge in [0.25, 0.3) is 0 Å². The van der Waals surface area contributed by atoms with Gasteiger partial charge in [-0.05, 0) is 57.9 Å². The predicted molar refractivity (Wildman–Crippen MR) is 144 cm³/mol. The molecule has 202 valence electrons. The topological polar surface area (TPSA) is 75.6 Å². The Labute approximate surface area is 222 Å². The van der Waals surface area contributed by atoms with Crippen LogP contribution in [-0.4, -0.2) is 59.4 Å². The molecule has 1 saturated heterocycles. The van der Waals surface area contributed by atoms with E-state index in [9.17, 15) is 4.39 Å². The molecule has 3 aromatic rings. The summed E-state index contributed by atoms with van der Waals surface area (Å²) < 4.78 is 41.7. The zero-order chi connectivity index (χ0) is 27.0. The maximum Gasteiger partial charge on any atom is 0.229 e. The second kappa shape index (κ2) is 10.3. The van der Waals surface area contributed by atoms with Gasteiger partial charge >= 0.3 is 0 Å². The van der Waals surface area contributed by atoms with E-state index in [1.807, 2.05) is 33.0 Å². The normalized spacial score (nSPS) is 19.0. The number of pyridine rings is 1. The highest BCUT2D eigenvalue weighted by molar-refractivity contribution is 5.73. The van der Waals surface area contributed by atoms with Crippen molar-refractivity contribution < 1.29 is 18.3 Å². The highest BCUT2D eigenvalue weighted by atomic mass is 19.1. The van der Waals surface area contributed by atoms with Crippen LogP contribution >= 0.6 is 0 Å². The van der Waals surface area contributed by atoms with E-state index in [1.165, 1.54) is 6.07 Å². The van der Waals surface area contributed by atoms with Crippen molar-refractivity contribution in [2.24, 2.45) is 0 Å². The van der Waals surface area contributed by atoms with Crippen molar-refractivity contribution in [1.29, 1.82) is 0 Å². The lowest BCUT2D eigenvalue weighted by Crippen LogP contribution is -2.50. The van der Waals surface area contributed by atoms with Crippen molar-refractivity contribution in [2.45, 2.75) is 58.2 Å². The molecule has 1 N–H and O–H groups in total. The molecule has 0 aliphatic carbocycles. The molecule has 2 aromatic heterocycles. The number of rotatable bonds is 7. The van der Waals surface area contributed by atoms with Crippen LogP contribution in [0.5, 0.6) is 5.75 Å². The van der Waals surface area contributed by atoms with E-state index in [2.05, 4.69) is 43.9 Å². The zero-order valence-corrected chi connectivity index (χ0v) is 22.5. The Morgan fingerprint density at radius 1 is 1.18 bits per heavy atom. The first-order valence-electron chi connectivity index (χ1n) is 13.0. The van der Waals surface area contributed by atoms with Gasteiger partial charge in [-0.15, -0.1) is 0 Å². The molecule has 38 heavy (non-hydrogen) atoms. The maximum atomic E-state index is 15.3. The molecule has 0 amide bonds. The van der Waals surface area contributed by atoms with Gasteiger partial charge in [-0.2, -0.15) is 0 Å². The minimum Gasteiger partial charge on any atom is -0.481 e. The number of hydrogen-bond donors (Lipinski definition) is 1. The van der Waals surface area contributed by atoms with E-state index in [0.717, 1.165) is 31.3 Å². The first-order valence-corrected chi connectivity index (χ1v) is 13.0. The first kappa shape index (κ1) is 26.1. The van der Waals surface area contributed by atoms with Crippen LogP contribution in [0.3, 0.4) is 0 Å². The summed E-state index contributed by atoms with van der Waals surface area (Å²) in [5.74, 6) is -0.353. The van der Waals surface area contributed by atoms with Gasteiger partial charge in [0.15, 0.2) is 17.4 Å². The summed E-state index contributed by atoms with van der Waals surface area (Å²) in [6.07, 6.45) is 4.68. The van der Waals surface area contributed by atoms with Crippen LogP contribution in [0.15, 0.2) is 36.7 Å². The number of anilines is 4. The van der Waals surface area contributed by atoms with Gasteiger partial charge in [-0.3, -0.25) is 0 Å². The van der Waals surface area contributed by atoms with Crippen LogP contribution in [0, 0.1) is 11.6 Å². The van der Waals surface area contributed by atoms with E-state index < -0.39 is 17.2 Å². The number of halogens is 2. The molecule has 10 heteroatoms. The predicted octanol–water partition coefficient (Wildman–Crippen LogP) is 5.56. The molecule has 2 aliphatic rings. The Hall–Kier alpha value is -3.53. The van der Waals surface area contributed by atoms with Crippen LogP contribution in [0.25, 0.3) is 11.3 Å². The zero-order valence-electron chi connectivity index (χ0n) is 22.5. The van der Waals surface area contributed by atoms with Crippen molar-refractivity contribution in [1.82, 2.24) is 15.0 Å². The summed E-state index contributed by atoms with van der Waals surface area (Å²) in [4.78, 5) is 17.2. The van der Waals surface area contributed by atoms with Crippen molar-refractivity contribution >= 4 is 23.1 Å². The molecule has 0 radical (unpaired) electrons. The quantitative estimate of drug-likeness (QED) is 0.431. The lowest BCUT2D eigenvalue weighted by molar-refractivity contribution is 0.0960. The van der Waals surface area contributed by atoms with Gasteiger partial charge in [0.2, 0.25) is 5.95 Å². The van der Waals surface area contributed by atoms with E-state index in [1.54, 1.807) is 12.3 Å². The van der Waals surface area contributed by atoms with E-state index in [4.69, 9.17) is 9.47 Å². The number of benzene rings is 1. The average Bonchev–Trinajstić information content (AvgIpc) is 3.44. The van der Waals surface area contributed by atoms with Crippen molar-refractivity contribution in [3.05, 3.63) is 48.3 Å². The van der Waals surface area contributed by atoms with Gasteiger partial charge in [-0.1, -0.05) is 6.92 Å². The number of hydrogen-bond acceptors (Lipinski definition) is 8. The highest BCUT2D eigenvalue weighted by Crippen LogP contribution is 2.43. The molecular formula is C28H34F2N6O2. The molecule has 8 nitrogen and oxygen atoms in total. The Kier molecular flexibility index (Phi) is 7.09. The molecule has 0 spiro atoms. The van der Waals surface area contributed by atoms with Gasteiger partial charge in [0.05, 0.1) is 43.0 Å². The number of likely N-dealkylation sites (N-methyl/N-ethyl adjacent to an activating group) is 1. The largest absolute Gasteiger partial charge is 0.481 e. The SMILES string of the molecule is CCC(C)N1CC(C)(C)Oc2c(F)cc(-c3nc(Nc4ccc(N(C)C5CCOC5)cn4)ncc3F)cc21. The average molecular weight is 525 g/mol. The second-order valence-electron chi connectivity index (χ2n) is 10.6. The number of fused-ring (bicyclic) bond motifs is 1. The molecule has 2 atom stereocenters. The summed E-state index contributed by atoms with van der Waals surface area (Å²) in [7, 11) is 2.02. The third kappa shape index (κ3) is 5.22. The summed E-state index contributed by atoms with van der Waals surface area (Å²) >= 11 is 0. The Balaban J connectivity index is 1.42. The second-order valence-corrected chi connectivity index (χ2v) is 10.6. The Morgan fingerprint density at radius 3 is 2.68 bits per heavy atom. The highest BCUT2D eigenvalue weighted by Gasteiger charge is 2.36. The smallest absolute Gasteiger partial charge is 0.229 e. The van der Waals surface area contributed by atoms with Crippen LogP contribution in [0.2, 0.25) is 0 Å². The summed E-state index contributed by atoms with van der Waals surface area (Å²) in [6.45, 7) is 10.1. The van der Waals surface area contributed by atoms with E-state index in [0.29, 0.717) is 36.3 Å². The number of nitrogens with zero attached hydrogens (tertiary/aromatic N) is 5. The third-order valence-electron chi connectivity index (χ3n) is 7.25. The summed E-state index contributed by atoms with van der Waals surface area (Å²) in [6, 6.07) is 7.24. The van der Waals surface area contributed by atoms with E-state index >= 15 is 4.39 Å². The van der Waals surface area contributed by atoms with Crippen molar-refractivity contribution in [2.75, 3.05) is 41.9 Å². The summed E-state index contributed by atoms with van der Waals surface area (Å²) in [5.41, 5.74) is 1.31. The van der Waals surface area contributed by atoms with Crippen LogP contribution in [0.1, 0.15) is 40.5 Å². The molecule has 5 rings (SSSR count). The Bertz CT molecular complexity index is 1300. The van der Waals surface area contributed by atoms with Crippen molar-refractivity contribution in [3.63, 3.8) is 0 Å². The number of ether oxygens (including phenoxy) is 2. The summed E-state index contributed by atoms with van der Waals surface area (Å²) in [5, 5.41) is 3.03. The molecule has 0 bridgehead atoms. The molecule has 2 unspecified atom stereocenters. The van der Waals surface area contributed by atoms with Crippen LogP contribution < -0.4 is 19.9 Å². The molecular weight excluding hydrogens is 490 g/mol. The van der Waals surface area contributed by atoms with Crippen molar-refractivity contribution in [3.8, 4) is 17.0 Å². The minimum absolute atomic E-state index is 0.00396. The van der Waals surface area contributed by atoms with Crippen LogP contribution in [-0.2, 0) is 4.74 Å². The molecule has 2 aliphatic heterocycles. The molecule has 0 saturated carbocycles. The Morgan fingerprint density at radius 2 is 2.00 bits per heavy atom. The van der Waals surface area contributed by atoms with Gasteiger partial charge < -0.3 is 24.6 Å². The number of aromatic nitrogens is 3. The molecule has 1 fully saturated rings. The fourth-order valence-corrected chi connectivity index (χ4v) is 4.90. The monoisotopic (exact) mass is 524 g/mol. The minimum atomic E-state index is -0.647. The third-order valence-corrected chi connectivity index (χ3v) is 7.25. The van der Waals surface area contributed by atoms with E-state index in [-0.39, 0.29) is 23.4 Å². The lowest BCUT2D eigenvalue weighted by Gasteiger charge is -2.44. The fourth-order valence-electron chi connectivity index (χ4n) is 4.90. The standard InChI is InChI=1S/C28H34F2N6O2/c1-6-17(2)36-16-28(3,4)38-26-21(29)11-18(12-23(26)36)25-22(30)14-32-27(34-25)33-24-8-7-19(13-31-24)35(5)20-9-10-37-15-20/h7-8,11-14,17,20H,6,9-10,15-16H2,1-5H3,(H,31,32,33,34). The molecule has 4 heterocycles. The maximum absolute atomic E-state index is 15.3. The van der Waals surface area contributed by atoms with Gasteiger partial charge in [-0.25, -0.2) is 23.7 Å².